The maximum absolute atomic E-state index is 13.2. The number of halogens is 2. The van der Waals surface area contributed by atoms with Gasteiger partial charge in [0, 0.05) is 12.5 Å². The third kappa shape index (κ3) is 2.01. The maximum atomic E-state index is 13.2. The van der Waals surface area contributed by atoms with Crippen LogP contribution in [0.3, 0.4) is 0 Å². The van der Waals surface area contributed by atoms with E-state index in [9.17, 15) is 4.39 Å². The van der Waals surface area contributed by atoms with Crippen LogP contribution in [-0.2, 0) is 11.3 Å². The van der Waals surface area contributed by atoms with Crippen molar-refractivity contribution in [1.29, 1.82) is 0 Å². The second-order valence-electron chi connectivity index (χ2n) is 3.65. The quantitative estimate of drug-likeness (QED) is 0.801. The third-order valence-corrected chi connectivity index (χ3v) is 2.68. The Morgan fingerprint density at radius 2 is 2.12 bits per heavy atom. The molecule has 84 valence electrons. The first-order chi connectivity index (χ1) is 7.61. The second-order valence-corrected chi connectivity index (χ2v) is 4.05. The number of aromatic nitrogens is 1. The highest BCUT2D eigenvalue weighted by Gasteiger charge is 2.08. The molecule has 0 saturated carbocycles. The molecule has 0 fully saturated rings. The summed E-state index contributed by atoms with van der Waals surface area (Å²) < 4.78 is 18.2. The zero-order chi connectivity index (χ0) is 11.7. The van der Waals surface area contributed by atoms with Crippen LogP contribution in [0, 0.1) is 12.7 Å². The van der Waals surface area contributed by atoms with Gasteiger partial charge in [0.05, 0.1) is 22.8 Å². The molecule has 0 atom stereocenters. The molecular formula is C12H11ClFNO. The van der Waals surface area contributed by atoms with Crippen LogP contribution in [0.4, 0.5) is 4.39 Å². The van der Waals surface area contributed by atoms with Crippen molar-refractivity contribution in [2.24, 2.45) is 0 Å². The van der Waals surface area contributed by atoms with Crippen LogP contribution in [-0.4, -0.2) is 12.1 Å². The van der Waals surface area contributed by atoms with Gasteiger partial charge in [0.15, 0.2) is 0 Å². The van der Waals surface area contributed by atoms with E-state index in [0.29, 0.717) is 17.0 Å². The average Bonchev–Trinajstić information content (AvgIpc) is 2.20. The third-order valence-electron chi connectivity index (χ3n) is 2.36. The van der Waals surface area contributed by atoms with Gasteiger partial charge in [-0.05, 0) is 30.7 Å². The minimum atomic E-state index is -0.298. The predicted octanol–water partition coefficient (Wildman–Crippen LogP) is 3.48. The fourth-order valence-electron chi connectivity index (χ4n) is 1.69. The van der Waals surface area contributed by atoms with Crippen molar-refractivity contribution in [2.45, 2.75) is 13.5 Å². The molecule has 1 aromatic heterocycles. The molecular weight excluding hydrogens is 229 g/mol. The Hall–Kier alpha value is -1.19. The summed E-state index contributed by atoms with van der Waals surface area (Å²) in [7, 11) is 1.59. The molecule has 2 aromatic rings. The van der Waals surface area contributed by atoms with E-state index in [1.807, 2.05) is 6.92 Å². The first-order valence-corrected chi connectivity index (χ1v) is 5.24. The van der Waals surface area contributed by atoms with Gasteiger partial charge in [-0.1, -0.05) is 11.6 Å². The number of hydrogen-bond acceptors (Lipinski definition) is 2. The van der Waals surface area contributed by atoms with Crippen LogP contribution >= 0.6 is 11.6 Å². The second kappa shape index (κ2) is 4.36. The largest absolute Gasteiger partial charge is 0.378 e. The van der Waals surface area contributed by atoms with Crippen molar-refractivity contribution in [3.63, 3.8) is 0 Å². The Morgan fingerprint density at radius 1 is 1.38 bits per heavy atom. The van der Waals surface area contributed by atoms with Gasteiger partial charge in [-0.2, -0.15) is 0 Å². The van der Waals surface area contributed by atoms with Gasteiger partial charge in [-0.25, -0.2) is 9.37 Å². The van der Waals surface area contributed by atoms with E-state index < -0.39 is 0 Å². The summed E-state index contributed by atoms with van der Waals surface area (Å²) in [5, 5.41) is 1.14. The SMILES string of the molecule is COCc1cc(Cl)c2cc(F)cc(C)c2n1. The number of hydrogen-bond donors (Lipinski definition) is 0. The zero-order valence-corrected chi connectivity index (χ0v) is 9.81. The van der Waals surface area contributed by atoms with Crippen molar-refractivity contribution < 1.29 is 9.13 Å². The molecule has 0 spiro atoms. The van der Waals surface area contributed by atoms with E-state index in [1.54, 1.807) is 13.2 Å². The van der Waals surface area contributed by atoms with Crippen LogP contribution in [0.15, 0.2) is 18.2 Å². The first-order valence-electron chi connectivity index (χ1n) is 4.86. The lowest BCUT2D eigenvalue weighted by molar-refractivity contribution is 0.182. The Balaban J connectivity index is 2.71. The van der Waals surface area contributed by atoms with Crippen molar-refractivity contribution in [3.8, 4) is 0 Å². The van der Waals surface area contributed by atoms with E-state index >= 15 is 0 Å². The molecule has 0 bridgehead atoms. The lowest BCUT2D eigenvalue weighted by Gasteiger charge is -2.07. The highest BCUT2D eigenvalue weighted by molar-refractivity contribution is 6.35. The fourth-order valence-corrected chi connectivity index (χ4v) is 1.96. The first kappa shape index (κ1) is 11.3. The minimum absolute atomic E-state index is 0.298. The predicted molar refractivity (Wildman–Crippen MR) is 62.2 cm³/mol. The Morgan fingerprint density at radius 3 is 2.81 bits per heavy atom. The molecule has 0 N–H and O–H groups in total. The van der Waals surface area contributed by atoms with Gasteiger partial charge in [0.2, 0.25) is 0 Å². The molecule has 16 heavy (non-hydrogen) atoms. The van der Waals surface area contributed by atoms with Gasteiger partial charge in [-0.15, -0.1) is 0 Å². The maximum Gasteiger partial charge on any atom is 0.124 e. The van der Waals surface area contributed by atoms with Crippen LogP contribution < -0.4 is 0 Å². The number of fused-ring (bicyclic) bond motifs is 1. The molecule has 4 heteroatoms. The lowest BCUT2D eigenvalue weighted by atomic mass is 10.1. The topological polar surface area (TPSA) is 22.1 Å². The average molecular weight is 240 g/mol. The molecule has 0 aliphatic heterocycles. The van der Waals surface area contributed by atoms with Crippen LogP contribution in [0.5, 0.6) is 0 Å². The van der Waals surface area contributed by atoms with Gasteiger partial charge in [0.1, 0.15) is 5.82 Å². The highest BCUT2D eigenvalue weighted by Crippen LogP contribution is 2.26. The standard InChI is InChI=1S/C12H11ClFNO/c1-7-3-8(14)4-10-11(13)5-9(6-16-2)15-12(7)10/h3-5H,6H2,1-2H3. The van der Waals surface area contributed by atoms with Crippen LogP contribution in [0.25, 0.3) is 10.9 Å². The summed E-state index contributed by atoms with van der Waals surface area (Å²) in [6, 6.07) is 4.54. The summed E-state index contributed by atoms with van der Waals surface area (Å²) in [6.07, 6.45) is 0. The smallest absolute Gasteiger partial charge is 0.124 e. The Labute approximate surface area is 98.0 Å². The number of pyridine rings is 1. The molecule has 0 aliphatic rings. The Bertz CT molecular complexity index is 542. The van der Waals surface area contributed by atoms with E-state index in [0.717, 1.165) is 16.8 Å². The van der Waals surface area contributed by atoms with Crippen molar-refractivity contribution in [3.05, 3.63) is 40.3 Å². The van der Waals surface area contributed by atoms with Gasteiger partial charge in [-0.3, -0.25) is 0 Å². The summed E-state index contributed by atoms with van der Waals surface area (Å²) >= 11 is 6.08. The highest BCUT2D eigenvalue weighted by atomic mass is 35.5. The number of benzene rings is 1. The number of nitrogens with zero attached hydrogens (tertiary/aromatic N) is 1. The molecule has 2 nitrogen and oxygen atoms in total. The zero-order valence-electron chi connectivity index (χ0n) is 9.05. The van der Waals surface area contributed by atoms with E-state index in [-0.39, 0.29) is 5.82 Å². The normalized spacial score (nSPS) is 11.0. The summed E-state index contributed by atoms with van der Waals surface area (Å²) in [4.78, 5) is 4.39. The monoisotopic (exact) mass is 239 g/mol. The molecule has 0 amide bonds. The van der Waals surface area contributed by atoms with Crippen molar-refractivity contribution >= 4 is 22.5 Å². The molecule has 2 rings (SSSR count). The summed E-state index contributed by atoms with van der Waals surface area (Å²) in [6.45, 7) is 2.21. The van der Waals surface area contributed by atoms with Crippen LogP contribution in [0.1, 0.15) is 11.3 Å². The summed E-state index contributed by atoms with van der Waals surface area (Å²) in [5.74, 6) is -0.298. The fraction of sp³-hybridized carbons (Fsp3) is 0.250. The van der Waals surface area contributed by atoms with Gasteiger partial charge < -0.3 is 4.74 Å². The van der Waals surface area contributed by atoms with E-state index in [4.69, 9.17) is 16.3 Å². The van der Waals surface area contributed by atoms with Gasteiger partial charge >= 0.3 is 0 Å². The van der Waals surface area contributed by atoms with E-state index in [2.05, 4.69) is 4.98 Å². The van der Waals surface area contributed by atoms with Gasteiger partial charge in [0.25, 0.3) is 0 Å². The molecule has 1 heterocycles. The molecule has 0 unspecified atom stereocenters. The molecule has 0 aliphatic carbocycles. The number of methoxy groups -OCH3 is 1. The lowest BCUT2D eigenvalue weighted by Crippen LogP contribution is -1.95. The number of rotatable bonds is 2. The van der Waals surface area contributed by atoms with Crippen molar-refractivity contribution in [1.82, 2.24) is 4.98 Å². The van der Waals surface area contributed by atoms with Crippen molar-refractivity contribution in [2.75, 3.05) is 7.11 Å². The number of aryl methyl sites for hydroxylation is 1. The summed E-state index contributed by atoms with van der Waals surface area (Å²) in [5.41, 5.74) is 2.24. The minimum Gasteiger partial charge on any atom is -0.378 e. The van der Waals surface area contributed by atoms with E-state index in [1.165, 1.54) is 12.1 Å². The Kier molecular flexibility index (Phi) is 3.08. The molecule has 0 saturated heterocycles. The number of ether oxygens (including phenoxy) is 1. The molecule has 0 radical (unpaired) electrons. The van der Waals surface area contributed by atoms with Crippen LogP contribution in [0.2, 0.25) is 5.02 Å². The molecule has 1 aromatic carbocycles.